The number of carboxylic acids is 1. The Kier molecular flexibility index (Phi) is 2.02. The highest BCUT2D eigenvalue weighted by Crippen LogP contribution is 2.29. The first kappa shape index (κ1) is 8.93. The molecule has 2 aliphatic rings. The molecule has 0 saturated carbocycles. The summed E-state index contributed by atoms with van der Waals surface area (Å²) in [5.74, 6) is -0.960. The van der Waals surface area contributed by atoms with E-state index in [0.29, 0.717) is 26.1 Å². The standard InChI is InChI=1S/C8H13NO4/c9-8(7(10)11,1-5-3-12-5)2-6-4-13-6/h5-6H,1-4,9H2,(H,10,11). The molecule has 5 heteroatoms. The Bertz CT molecular complexity index is 208. The van der Waals surface area contributed by atoms with Gasteiger partial charge < -0.3 is 20.3 Å². The normalized spacial score (nSPS) is 35.2. The third-order valence-electron chi connectivity index (χ3n) is 2.41. The highest BCUT2D eigenvalue weighted by Gasteiger charge is 2.45. The summed E-state index contributed by atoms with van der Waals surface area (Å²) in [5.41, 5.74) is 4.60. The maximum Gasteiger partial charge on any atom is 0.323 e. The summed E-state index contributed by atoms with van der Waals surface area (Å²) in [6.07, 6.45) is 0.865. The summed E-state index contributed by atoms with van der Waals surface area (Å²) in [4.78, 5) is 10.9. The van der Waals surface area contributed by atoms with Gasteiger partial charge in [-0.1, -0.05) is 0 Å². The van der Waals surface area contributed by atoms with Crippen LogP contribution in [0.15, 0.2) is 0 Å². The molecular weight excluding hydrogens is 174 g/mol. The molecule has 2 atom stereocenters. The van der Waals surface area contributed by atoms with Crippen LogP contribution in [0.3, 0.4) is 0 Å². The molecule has 2 aliphatic heterocycles. The minimum atomic E-state index is -1.16. The van der Waals surface area contributed by atoms with E-state index in [4.69, 9.17) is 20.3 Å². The van der Waals surface area contributed by atoms with Crippen molar-refractivity contribution >= 4 is 5.97 Å². The molecule has 0 spiro atoms. The van der Waals surface area contributed by atoms with Crippen molar-refractivity contribution in [1.29, 1.82) is 0 Å². The van der Waals surface area contributed by atoms with Gasteiger partial charge in [0, 0.05) is 12.8 Å². The summed E-state index contributed by atoms with van der Waals surface area (Å²) in [6, 6.07) is 0. The Balaban J connectivity index is 1.93. The van der Waals surface area contributed by atoms with Crippen LogP contribution in [-0.4, -0.2) is 42.0 Å². The van der Waals surface area contributed by atoms with Crippen LogP contribution in [0.1, 0.15) is 12.8 Å². The summed E-state index contributed by atoms with van der Waals surface area (Å²) < 4.78 is 9.94. The van der Waals surface area contributed by atoms with Crippen molar-refractivity contribution in [2.45, 2.75) is 30.6 Å². The van der Waals surface area contributed by atoms with Crippen molar-refractivity contribution in [2.75, 3.05) is 13.2 Å². The van der Waals surface area contributed by atoms with E-state index in [2.05, 4.69) is 0 Å². The Morgan fingerprint density at radius 1 is 1.38 bits per heavy atom. The average Bonchev–Trinajstić information content (AvgIpc) is 2.83. The molecule has 0 radical (unpaired) electrons. The molecule has 2 unspecified atom stereocenters. The SMILES string of the molecule is NC(CC1CO1)(CC1CO1)C(=O)O. The van der Waals surface area contributed by atoms with Crippen LogP contribution in [0.2, 0.25) is 0 Å². The monoisotopic (exact) mass is 187 g/mol. The van der Waals surface area contributed by atoms with Crippen molar-refractivity contribution in [3.05, 3.63) is 0 Å². The molecule has 0 amide bonds. The van der Waals surface area contributed by atoms with Gasteiger partial charge in [0.1, 0.15) is 5.54 Å². The number of hydrogen-bond acceptors (Lipinski definition) is 4. The lowest BCUT2D eigenvalue weighted by Crippen LogP contribution is -2.50. The van der Waals surface area contributed by atoms with E-state index in [1.165, 1.54) is 0 Å². The van der Waals surface area contributed by atoms with Crippen molar-refractivity contribution in [1.82, 2.24) is 0 Å². The highest BCUT2D eigenvalue weighted by atomic mass is 16.6. The van der Waals surface area contributed by atoms with Crippen molar-refractivity contribution < 1.29 is 19.4 Å². The highest BCUT2D eigenvalue weighted by molar-refractivity contribution is 5.78. The molecule has 2 rings (SSSR count). The van der Waals surface area contributed by atoms with E-state index in [0.717, 1.165) is 0 Å². The summed E-state index contributed by atoms with van der Waals surface area (Å²) in [6.45, 7) is 1.27. The van der Waals surface area contributed by atoms with Gasteiger partial charge in [-0.05, 0) is 0 Å². The second-order valence-electron chi connectivity index (χ2n) is 3.78. The van der Waals surface area contributed by atoms with Gasteiger partial charge in [0.2, 0.25) is 0 Å². The third kappa shape index (κ3) is 2.18. The van der Waals surface area contributed by atoms with E-state index >= 15 is 0 Å². The first-order valence-electron chi connectivity index (χ1n) is 4.36. The van der Waals surface area contributed by atoms with Crippen LogP contribution in [-0.2, 0) is 14.3 Å². The van der Waals surface area contributed by atoms with E-state index < -0.39 is 11.5 Å². The topological polar surface area (TPSA) is 88.4 Å². The fraction of sp³-hybridized carbons (Fsp3) is 0.875. The van der Waals surface area contributed by atoms with Crippen LogP contribution in [0.4, 0.5) is 0 Å². The number of hydrogen-bond donors (Lipinski definition) is 2. The second-order valence-corrected chi connectivity index (χ2v) is 3.78. The number of ether oxygens (including phenoxy) is 2. The van der Waals surface area contributed by atoms with E-state index in [1.807, 2.05) is 0 Å². The summed E-state index contributed by atoms with van der Waals surface area (Å²) in [5, 5.41) is 8.95. The average molecular weight is 187 g/mol. The van der Waals surface area contributed by atoms with Crippen molar-refractivity contribution in [3.8, 4) is 0 Å². The van der Waals surface area contributed by atoms with Crippen LogP contribution in [0.5, 0.6) is 0 Å². The summed E-state index contributed by atoms with van der Waals surface area (Å²) in [7, 11) is 0. The van der Waals surface area contributed by atoms with Crippen LogP contribution >= 0.6 is 0 Å². The van der Waals surface area contributed by atoms with Gasteiger partial charge >= 0.3 is 5.97 Å². The zero-order valence-corrected chi connectivity index (χ0v) is 7.23. The molecule has 2 fully saturated rings. The molecule has 74 valence electrons. The molecule has 0 aromatic heterocycles. The van der Waals surface area contributed by atoms with Crippen molar-refractivity contribution in [3.63, 3.8) is 0 Å². The van der Waals surface area contributed by atoms with Crippen molar-refractivity contribution in [2.24, 2.45) is 5.73 Å². The van der Waals surface area contributed by atoms with Gasteiger partial charge in [0.25, 0.3) is 0 Å². The van der Waals surface area contributed by atoms with Crippen LogP contribution in [0.25, 0.3) is 0 Å². The lowest BCUT2D eigenvalue weighted by Gasteiger charge is -2.22. The van der Waals surface area contributed by atoms with Crippen LogP contribution in [0, 0.1) is 0 Å². The van der Waals surface area contributed by atoms with Gasteiger partial charge in [-0.25, -0.2) is 0 Å². The van der Waals surface area contributed by atoms with Gasteiger partial charge in [-0.3, -0.25) is 4.79 Å². The van der Waals surface area contributed by atoms with E-state index in [-0.39, 0.29) is 12.2 Å². The predicted molar refractivity (Wildman–Crippen MR) is 43.3 cm³/mol. The number of rotatable bonds is 5. The zero-order chi connectivity index (χ0) is 9.47. The molecule has 0 aromatic rings. The number of carbonyl (C=O) groups is 1. The van der Waals surface area contributed by atoms with Gasteiger partial charge in [-0.15, -0.1) is 0 Å². The van der Waals surface area contributed by atoms with Gasteiger partial charge in [0.15, 0.2) is 0 Å². The lowest BCUT2D eigenvalue weighted by atomic mass is 9.89. The lowest BCUT2D eigenvalue weighted by molar-refractivity contribution is -0.144. The molecule has 3 N–H and O–H groups in total. The molecule has 5 nitrogen and oxygen atoms in total. The summed E-state index contributed by atoms with van der Waals surface area (Å²) >= 11 is 0. The second kappa shape index (κ2) is 2.94. The number of epoxide rings is 2. The van der Waals surface area contributed by atoms with Gasteiger partial charge in [0.05, 0.1) is 25.4 Å². The minimum Gasteiger partial charge on any atom is -0.480 e. The number of nitrogens with two attached hydrogens (primary N) is 1. The number of carboxylic acid groups (broad SMARTS) is 1. The first-order chi connectivity index (χ1) is 6.10. The Morgan fingerprint density at radius 2 is 1.77 bits per heavy atom. The predicted octanol–water partition coefficient (Wildman–Crippen LogP) is -0.654. The molecule has 0 aromatic carbocycles. The Hall–Kier alpha value is -0.650. The first-order valence-corrected chi connectivity index (χ1v) is 4.36. The molecule has 2 saturated heterocycles. The molecule has 13 heavy (non-hydrogen) atoms. The Labute approximate surface area is 75.8 Å². The Morgan fingerprint density at radius 3 is 2.00 bits per heavy atom. The fourth-order valence-corrected chi connectivity index (χ4v) is 1.44. The van der Waals surface area contributed by atoms with Gasteiger partial charge in [-0.2, -0.15) is 0 Å². The number of aliphatic carboxylic acids is 1. The molecule has 0 bridgehead atoms. The third-order valence-corrected chi connectivity index (χ3v) is 2.41. The molecule has 2 heterocycles. The zero-order valence-electron chi connectivity index (χ0n) is 7.23. The quantitative estimate of drug-likeness (QED) is 0.558. The van der Waals surface area contributed by atoms with Crippen LogP contribution < -0.4 is 5.73 Å². The van der Waals surface area contributed by atoms with E-state index in [9.17, 15) is 4.79 Å². The maximum absolute atomic E-state index is 10.9. The largest absolute Gasteiger partial charge is 0.480 e. The maximum atomic E-state index is 10.9. The minimum absolute atomic E-state index is 0.0415. The molecular formula is C8H13NO4. The van der Waals surface area contributed by atoms with E-state index in [1.54, 1.807) is 0 Å². The fourth-order valence-electron chi connectivity index (χ4n) is 1.44. The molecule has 0 aliphatic carbocycles. The smallest absolute Gasteiger partial charge is 0.323 e.